The predicted octanol–water partition coefficient (Wildman–Crippen LogP) is 5.80. The molecule has 1 aromatic heterocycles. The molecule has 0 atom stereocenters. The summed E-state index contributed by atoms with van der Waals surface area (Å²) < 4.78 is 72.6. The van der Waals surface area contributed by atoms with Crippen molar-refractivity contribution in [1.82, 2.24) is 10.1 Å². The Balaban J connectivity index is 1.53. The van der Waals surface area contributed by atoms with Crippen LogP contribution < -0.4 is 10.1 Å². The molecule has 0 amide bonds. The van der Waals surface area contributed by atoms with Gasteiger partial charge in [-0.2, -0.15) is 13.2 Å². The van der Waals surface area contributed by atoms with E-state index in [0.29, 0.717) is 34.4 Å². The number of rotatable bonds is 4. The second-order valence-corrected chi connectivity index (χ2v) is 12.1. The van der Waals surface area contributed by atoms with Crippen molar-refractivity contribution in [2.24, 2.45) is 5.41 Å². The highest BCUT2D eigenvalue weighted by Gasteiger charge is 2.37. The molecule has 2 heterocycles. The van der Waals surface area contributed by atoms with Gasteiger partial charge in [-0.1, -0.05) is 37.2 Å². The van der Waals surface area contributed by atoms with Crippen molar-refractivity contribution >= 4 is 15.7 Å². The molecule has 0 bridgehead atoms. The van der Waals surface area contributed by atoms with Crippen LogP contribution >= 0.6 is 0 Å². The van der Waals surface area contributed by atoms with E-state index in [2.05, 4.69) is 14.7 Å². The van der Waals surface area contributed by atoms with E-state index < -0.39 is 32.9 Å². The molecule has 0 saturated heterocycles. The van der Waals surface area contributed by atoms with Gasteiger partial charge in [0.15, 0.2) is 5.82 Å². The molecule has 0 radical (unpaired) electrons. The summed E-state index contributed by atoms with van der Waals surface area (Å²) in [6.45, 7) is 5.90. The van der Waals surface area contributed by atoms with E-state index in [1.165, 1.54) is 28.6 Å². The van der Waals surface area contributed by atoms with Crippen LogP contribution in [0.5, 0.6) is 0 Å². The smallest absolute Gasteiger partial charge is 0.296 e. The van der Waals surface area contributed by atoms with E-state index in [-0.39, 0.29) is 17.3 Å². The number of nitrogens with zero attached hydrogens (tertiary/aromatic N) is 2. The fraction of sp³-hybridized carbons (Fsp3) is 0.259. The number of aryl methyl sites for hydroxylation is 1. The van der Waals surface area contributed by atoms with Gasteiger partial charge < -0.3 is 0 Å². The van der Waals surface area contributed by atoms with Crippen molar-refractivity contribution in [2.75, 3.05) is 10.8 Å². The number of aromatic amines is 1. The Morgan fingerprint density at radius 1 is 1.00 bits per heavy atom. The number of nitrogens with one attached hydrogen (secondary N) is 1. The van der Waals surface area contributed by atoms with Crippen LogP contribution in [0, 0.1) is 12.3 Å². The number of aromatic nitrogens is 2. The molecule has 3 aromatic carbocycles. The Morgan fingerprint density at radius 2 is 1.68 bits per heavy atom. The molecule has 1 aliphatic heterocycles. The van der Waals surface area contributed by atoms with Gasteiger partial charge in [0.1, 0.15) is 0 Å². The van der Waals surface area contributed by atoms with E-state index in [0.717, 1.165) is 17.7 Å². The molecule has 0 aliphatic carbocycles. The van der Waals surface area contributed by atoms with E-state index in [1.807, 2.05) is 19.9 Å². The number of hydrogen-bond acceptors (Lipinski definition) is 5. The van der Waals surface area contributed by atoms with Crippen molar-refractivity contribution < 1.29 is 26.1 Å². The number of halogens is 3. The van der Waals surface area contributed by atoms with Gasteiger partial charge in [0.2, 0.25) is 0 Å². The SMILES string of the molecule is Cc1cc(S(=O)(=O)N2CC(C)(C)Cc3cc(-c4ccc(C(F)(F)F)cc4)ccc32)ccc1-c1noc(=O)[nH]1. The largest absolute Gasteiger partial charge is 0.439 e. The number of alkyl halides is 3. The van der Waals surface area contributed by atoms with Crippen LogP contribution in [0.25, 0.3) is 22.5 Å². The maximum atomic E-state index is 13.9. The number of H-pyrrole nitrogens is 1. The minimum Gasteiger partial charge on any atom is -0.296 e. The van der Waals surface area contributed by atoms with E-state index in [9.17, 15) is 26.4 Å². The first-order valence-corrected chi connectivity index (χ1v) is 13.2. The first-order valence-electron chi connectivity index (χ1n) is 11.7. The summed E-state index contributed by atoms with van der Waals surface area (Å²) in [7, 11) is -3.97. The minimum atomic E-state index is -4.42. The molecule has 11 heteroatoms. The highest BCUT2D eigenvalue weighted by Crippen LogP contribution is 2.41. The fourth-order valence-corrected chi connectivity index (χ4v) is 6.57. The standard InChI is InChI=1S/C27H24F3N3O4S/c1-16-12-21(9-10-22(16)24-31-25(34)37-32-24)38(35,36)33-15-26(2,3)14-19-13-18(6-11-23(19)33)17-4-7-20(8-5-17)27(28,29)30/h4-13H,14-15H2,1-3H3,(H,31,32,34). The highest BCUT2D eigenvalue weighted by atomic mass is 32.2. The zero-order valence-corrected chi connectivity index (χ0v) is 21.6. The van der Waals surface area contributed by atoms with Crippen LogP contribution in [0.2, 0.25) is 0 Å². The summed E-state index contributed by atoms with van der Waals surface area (Å²) in [6, 6.07) is 14.7. The van der Waals surface area contributed by atoms with Crippen molar-refractivity contribution in [1.29, 1.82) is 0 Å². The maximum Gasteiger partial charge on any atom is 0.439 e. The van der Waals surface area contributed by atoms with E-state index in [4.69, 9.17) is 0 Å². The van der Waals surface area contributed by atoms with E-state index in [1.54, 1.807) is 25.1 Å². The Labute approximate surface area is 217 Å². The highest BCUT2D eigenvalue weighted by molar-refractivity contribution is 7.92. The van der Waals surface area contributed by atoms with Gasteiger partial charge in [-0.25, -0.2) is 13.2 Å². The van der Waals surface area contributed by atoms with E-state index >= 15 is 0 Å². The molecule has 0 saturated carbocycles. The third-order valence-corrected chi connectivity index (χ3v) is 8.37. The molecule has 1 aliphatic rings. The molecule has 38 heavy (non-hydrogen) atoms. The first-order chi connectivity index (χ1) is 17.7. The van der Waals surface area contributed by atoms with Crippen molar-refractivity contribution in [3.05, 3.63) is 87.9 Å². The molecule has 0 fully saturated rings. The topological polar surface area (TPSA) is 96.3 Å². The molecule has 198 valence electrons. The molecular formula is C27H24F3N3O4S. The van der Waals surface area contributed by atoms with Gasteiger partial charge in [0, 0.05) is 12.1 Å². The van der Waals surface area contributed by atoms with Crippen LogP contribution in [0.1, 0.15) is 30.5 Å². The summed E-state index contributed by atoms with van der Waals surface area (Å²) in [5.74, 6) is -0.504. The van der Waals surface area contributed by atoms with Gasteiger partial charge in [-0.05, 0) is 83.5 Å². The summed E-state index contributed by atoms with van der Waals surface area (Å²) in [5, 5.41) is 3.67. The first kappa shape index (κ1) is 25.8. The van der Waals surface area contributed by atoms with Gasteiger partial charge in [0.05, 0.1) is 16.1 Å². The average Bonchev–Trinajstić information content (AvgIpc) is 3.27. The summed E-state index contributed by atoms with van der Waals surface area (Å²) in [4.78, 5) is 13.9. The van der Waals surface area contributed by atoms with Crippen LogP contribution in [0.3, 0.4) is 0 Å². The van der Waals surface area contributed by atoms with Crippen LogP contribution in [0.15, 0.2) is 74.9 Å². The lowest BCUT2D eigenvalue weighted by molar-refractivity contribution is -0.137. The molecule has 7 nitrogen and oxygen atoms in total. The molecule has 5 rings (SSSR count). The molecule has 0 unspecified atom stereocenters. The van der Waals surface area contributed by atoms with Gasteiger partial charge in [0.25, 0.3) is 10.0 Å². The van der Waals surface area contributed by atoms with Crippen molar-refractivity contribution in [3.63, 3.8) is 0 Å². The van der Waals surface area contributed by atoms with Crippen molar-refractivity contribution in [2.45, 2.75) is 38.3 Å². The lowest BCUT2D eigenvalue weighted by Gasteiger charge is -2.40. The second-order valence-electron chi connectivity index (χ2n) is 10.2. The van der Waals surface area contributed by atoms with Crippen molar-refractivity contribution in [3.8, 4) is 22.5 Å². The monoisotopic (exact) mass is 543 g/mol. The van der Waals surface area contributed by atoms with Crippen LogP contribution in [0.4, 0.5) is 18.9 Å². The number of benzene rings is 3. The second kappa shape index (κ2) is 8.87. The zero-order valence-electron chi connectivity index (χ0n) is 20.8. The van der Waals surface area contributed by atoms with Gasteiger partial charge in [-0.15, -0.1) is 0 Å². The molecule has 0 spiro atoms. The van der Waals surface area contributed by atoms with Gasteiger partial charge in [-0.3, -0.25) is 13.8 Å². The summed E-state index contributed by atoms with van der Waals surface area (Å²) in [5.41, 5.74) is 2.63. The molecular weight excluding hydrogens is 519 g/mol. The minimum absolute atomic E-state index is 0.0834. The Kier molecular flexibility index (Phi) is 6.01. The number of sulfonamides is 1. The zero-order chi connectivity index (χ0) is 27.5. The Bertz CT molecular complexity index is 1690. The lowest BCUT2D eigenvalue weighted by Crippen LogP contribution is -2.44. The third kappa shape index (κ3) is 4.73. The fourth-order valence-electron chi connectivity index (χ4n) is 4.80. The number of anilines is 1. The van der Waals surface area contributed by atoms with Gasteiger partial charge >= 0.3 is 11.9 Å². The average molecular weight is 544 g/mol. The Morgan fingerprint density at radius 3 is 2.29 bits per heavy atom. The summed E-state index contributed by atoms with van der Waals surface area (Å²) >= 11 is 0. The molecule has 4 aromatic rings. The Hall–Kier alpha value is -3.86. The molecule has 1 N–H and O–H groups in total. The number of fused-ring (bicyclic) bond motifs is 1. The van der Waals surface area contributed by atoms with Crippen LogP contribution in [-0.4, -0.2) is 25.1 Å². The normalized spacial score (nSPS) is 15.4. The summed E-state index contributed by atoms with van der Waals surface area (Å²) in [6.07, 6.45) is -3.82. The third-order valence-electron chi connectivity index (χ3n) is 6.62. The van der Waals surface area contributed by atoms with Crippen LogP contribution in [-0.2, 0) is 22.6 Å². The lowest BCUT2D eigenvalue weighted by atomic mass is 9.81. The number of hydrogen-bond donors (Lipinski definition) is 1. The quantitative estimate of drug-likeness (QED) is 0.351. The maximum absolute atomic E-state index is 13.9. The predicted molar refractivity (Wildman–Crippen MR) is 136 cm³/mol.